The van der Waals surface area contributed by atoms with Crippen molar-refractivity contribution in [3.05, 3.63) is 42.1 Å². The van der Waals surface area contributed by atoms with Gasteiger partial charge >= 0.3 is 0 Å². The van der Waals surface area contributed by atoms with E-state index in [1.165, 1.54) is 17.4 Å². The largest absolute Gasteiger partial charge is 0.316 e. The molecule has 0 bridgehead atoms. The molecule has 1 aromatic heterocycles. The summed E-state index contributed by atoms with van der Waals surface area (Å²) >= 11 is 0. The SMILES string of the molecule is CC(C)CNCCCc1ccnc2ccccc12. The van der Waals surface area contributed by atoms with Crippen molar-refractivity contribution in [1.82, 2.24) is 10.3 Å². The van der Waals surface area contributed by atoms with Crippen molar-refractivity contribution in [2.45, 2.75) is 26.7 Å². The van der Waals surface area contributed by atoms with E-state index in [4.69, 9.17) is 0 Å². The number of hydrogen-bond acceptors (Lipinski definition) is 2. The molecular formula is C16H22N2. The first-order chi connectivity index (χ1) is 8.77. The molecule has 2 rings (SSSR count). The zero-order valence-electron chi connectivity index (χ0n) is 11.3. The number of fused-ring (bicyclic) bond motifs is 1. The lowest BCUT2D eigenvalue weighted by molar-refractivity contribution is 0.543. The van der Waals surface area contributed by atoms with E-state index in [2.05, 4.69) is 48.4 Å². The number of pyridine rings is 1. The van der Waals surface area contributed by atoms with Crippen LogP contribution in [0, 0.1) is 5.92 Å². The number of nitrogens with zero attached hydrogens (tertiary/aromatic N) is 1. The van der Waals surface area contributed by atoms with Crippen molar-refractivity contribution >= 4 is 10.9 Å². The van der Waals surface area contributed by atoms with Gasteiger partial charge in [-0.3, -0.25) is 4.98 Å². The molecule has 2 heteroatoms. The second-order valence-corrected chi connectivity index (χ2v) is 5.19. The van der Waals surface area contributed by atoms with Crippen LogP contribution in [0.2, 0.25) is 0 Å². The molecular weight excluding hydrogens is 220 g/mol. The minimum absolute atomic E-state index is 0.728. The average molecular weight is 242 g/mol. The van der Waals surface area contributed by atoms with Crippen LogP contribution in [-0.2, 0) is 6.42 Å². The molecule has 0 fully saturated rings. The van der Waals surface area contributed by atoms with Crippen molar-refractivity contribution in [3.8, 4) is 0 Å². The Bertz CT molecular complexity index is 486. The van der Waals surface area contributed by atoms with Gasteiger partial charge in [-0.05, 0) is 49.5 Å². The normalized spacial score (nSPS) is 11.3. The van der Waals surface area contributed by atoms with Gasteiger partial charge in [-0.15, -0.1) is 0 Å². The second-order valence-electron chi connectivity index (χ2n) is 5.19. The van der Waals surface area contributed by atoms with Crippen molar-refractivity contribution in [2.75, 3.05) is 13.1 Å². The van der Waals surface area contributed by atoms with Crippen molar-refractivity contribution in [3.63, 3.8) is 0 Å². The van der Waals surface area contributed by atoms with Crippen LogP contribution < -0.4 is 5.32 Å². The molecule has 2 nitrogen and oxygen atoms in total. The molecule has 0 saturated heterocycles. The van der Waals surface area contributed by atoms with Crippen molar-refractivity contribution in [2.24, 2.45) is 5.92 Å². The lowest BCUT2D eigenvalue weighted by Gasteiger charge is -2.08. The molecule has 1 N–H and O–H groups in total. The summed E-state index contributed by atoms with van der Waals surface area (Å²) in [6, 6.07) is 10.5. The van der Waals surface area contributed by atoms with Crippen LogP contribution in [0.4, 0.5) is 0 Å². The minimum Gasteiger partial charge on any atom is -0.316 e. The average Bonchev–Trinajstić information content (AvgIpc) is 2.38. The maximum absolute atomic E-state index is 4.39. The van der Waals surface area contributed by atoms with Gasteiger partial charge in [0.1, 0.15) is 0 Å². The van der Waals surface area contributed by atoms with E-state index in [-0.39, 0.29) is 0 Å². The predicted molar refractivity (Wildman–Crippen MR) is 77.8 cm³/mol. The van der Waals surface area contributed by atoms with E-state index < -0.39 is 0 Å². The number of para-hydroxylation sites is 1. The highest BCUT2D eigenvalue weighted by Gasteiger charge is 2.01. The number of aromatic nitrogens is 1. The first kappa shape index (κ1) is 13.0. The Morgan fingerprint density at radius 2 is 2.00 bits per heavy atom. The summed E-state index contributed by atoms with van der Waals surface area (Å²) in [4.78, 5) is 4.39. The highest BCUT2D eigenvalue weighted by Crippen LogP contribution is 2.17. The molecule has 0 spiro atoms. The Morgan fingerprint density at radius 3 is 2.83 bits per heavy atom. The quantitative estimate of drug-likeness (QED) is 0.785. The number of aryl methyl sites for hydroxylation is 1. The Kier molecular flexibility index (Phi) is 4.71. The highest BCUT2D eigenvalue weighted by molar-refractivity contribution is 5.81. The Morgan fingerprint density at radius 1 is 1.17 bits per heavy atom. The molecule has 0 saturated carbocycles. The summed E-state index contributed by atoms with van der Waals surface area (Å²) in [5, 5.41) is 4.78. The van der Waals surface area contributed by atoms with Gasteiger partial charge in [-0.25, -0.2) is 0 Å². The molecule has 0 atom stereocenters. The lowest BCUT2D eigenvalue weighted by atomic mass is 10.0. The van der Waals surface area contributed by atoms with Gasteiger partial charge in [0.2, 0.25) is 0 Å². The first-order valence-electron chi connectivity index (χ1n) is 6.80. The fourth-order valence-electron chi connectivity index (χ4n) is 2.17. The van der Waals surface area contributed by atoms with Gasteiger partial charge in [0, 0.05) is 11.6 Å². The van der Waals surface area contributed by atoms with Crippen LogP contribution in [-0.4, -0.2) is 18.1 Å². The molecule has 1 heterocycles. The summed E-state index contributed by atoms with van der Waals surface area (Å²) in [5.74, 6) is 0.728. The zero-order valence-corrected chi connectivity index (χ0v) is 11.3. The van der Waals surface area contributed by atoms with Crippen LogP contribution in [0.3, 0.4) is 0 Å². The number of benzene rings is 1. The fourth-order valence-corrected chi connectivity index (χ4v) is 2.17. The molecule has 0 amide bonds. The highest BCUT2D eigenvalue weighted by atomic mass is 14.8. The monoisotopic (exact) mass is 242 g/mol. The van der Waals surface area contributed by atoms with Crippen LogP contribution in [0.25, 0.3) is 10.9 Å². The number of nitrogens with one attached hydrogen (secondary N) is 1. The van der Waals surface area contributed by atoms with E-state index in [9.17, 15) is 0 Å². The summed E-state index contributed by atoms with van der Waals surface area (Å²) < 4.78 is 0. The molecule has 0 unspecified atom stereocenters. The molecule has 0 aliphatic heterocycles. The topological polar surface area (TPSA) is 24.9 Å². The van der Waals surface area contributed by atoms with Gasteiger partial charge < -0.3 is 5.32 Å². The van der Waals surface area contributed by atoms with Gasteiger partial charge in [0.05, 0.1) is 5.52 Å². The van der Waals surface area contributed by atoms with Crippen molar-refractivity contribution in [1.29, 1.82) is 0 Å². The van der Waals surface area contributed by atoms with E-state index in [1.54, 1.807) is 0 Å². The smallest absolute Gasteiger partial charge is 0.0704 e. The maximum atomic E-state index is 4.39. The van der Waals surface area contributed by atoms with E-state index in [1.807, 2.05) is 12.3 Å². The summed E-state index contributed by atoms with van der Waals surface area (Å²) in [7, 11) is 0. The molecule has 1 aromatic carbocycles. The van der Waals surface area contributed by atoms with Gasteiger partial charge in [-0.2, -0.15) is 0 Å². The Balaban J connectivity index is 1.91. The molecule has 0 radical (unpaired) electrons. The van der Waals surface area contributed by atoms with E-state index >= 15 is 0 Å². The molecule has 0 aliphatic rings. The summed E-state index contributed by atoms with van der Waals surface area (Å²) in [6.07, 6.45) is 4.22. The number of hydrogen-bond donors (Lipinski definition) is 1. The summed E-state index contributed by atoms with van der Waals surface area (Å²) in [6.45, 7) is 6.68. The van der Waals surface area contributed by atoms with Crippen LogP contribution in [0.5, 0.6) is 0 Å². The standard InChI is InChI=1S/C16H22N2/c1-13(2)12-17-10-5-6-14-9-11-18-16-8-4-3-7-15(14)16/h3-4,7-9,11,13,17H,5-6,10,12H2,1-2H3. The summed E-state index contributed by atoms with van der Waals surface area (Å²) in [5.41, 5.74) is 2.51. The third-order valence-electron chi connectivity index (χ3n) is 3.09. The molecule has 0 aliphatic carbocycles. The van der Waals surface area contributed by atoms with Crippen molar-refractivity contribution < 1.29 is 0 Å². The van der Waals surface area contributed by atoms with Gasteiger partial charge in [0.25, 0.3) is 0 Å². The van der Waals surface area contributed by atoms with E-state index in [0.29, 0.717) is 0 Å². The first-order valence-corrected chi connectivity index (χ1v) is 6.80. The van der Waals surface area contributed by atoms with Gasteiger partial charge in [-0.1, -0.05) is 32.0 Å². The lowest BCUT2D eigenvalue weighted by Crippen LogP contribution is -2.21. The third kappa shape index (κ3) is 3.54. The third-order valence-corrected chi connectivity index (χ3v) is 3.09. The molecule has 2 aromatic rings. The molecule has 18 heavy (non-hydrogen) atoms. The second kappa shape index (κ2) is 6.50. The van der Waals surface area contributed by atoms with Crippen LogP contribution in [0.1, 0.15) is 25.8 Å². The Hall–Kier alpha value is -1.41. The Labute approximate surface area is 109 Å². The number of rotatable bonds is 6. The zero-order chi connectivity index (χ0) is 12.8. The predicted octanol–water partition coefficient (Wildman–Crippen LogP) is 3.41. The van der Waals surface area contributed by atoms with Gasteiger partial charge in [0.15, 0.2) is 0 Å². The fraction of sp³-hybridized carbons (Fsp3) is 0.438. The van der Waals surface area contributed by atoms with Crippen LogP contribution in [0.15, 0.2) is 36.5 Å². The van der Waals surface area contributed by atoms with E-state index in [0.717, 1.165) is 30.9 Å². The molecule has 96 valence electrons. The maximum Gasteiger partial charge on any atom is 0.0704 e. The van der Waals surface area contributed by atoms with Crippen LogP contribution >= 0.6 is 0 Å². The minimum atomic E-state index is 0.728.